The zero-order valence-corrected chi connectivity index (χ0v) is 3.97. The van der Waals surface area contributed by atoms with E-state index in [1.807, 2.05) is 0 Å². The van der Waals surface area contributed by atoms with E-state index in [4.69, 9.17) is 0 Å². The molecule has 0 fully saturated rings. The molecular weight excluding hydrogens is 120 g/mol. The van der Waals surface area contributed by atoms with Crippen LogP contribution in [0.5, 0.6) is 0 Å². The molecule has 7 heavy (non-hydrogen) atoms. The van der Waals surface area contributed by atoms with Gasteiger partial charge in [-0.1, -0.05) is 0 Å². The van der Waals surface area contributed by atoms with Gasteiger partial charge in [0.15, 0.2) is 5.16 Å². The summed E-state index contributed by atoms with van der Waals surface area (Å²) in [5, 5.41) is 4.08. The van der Waals surface area contributed by atoms with Crippen molar-refractivity contribution in [3.05, 3.63) is 0 Å². The lowest BCUT2D eigenvalue weighted by atomic mass is 11.7. The SMILES string of the molecule is NON=C=S(=O)=O. The van der Waals surface area contributed by atoms with Gasteiger partial charge in [0.1, 0.15) is 0 Å². The van der Waals surface area contributed by atoms with Crippen molar-refractivity contribution in [2.45, 2.75) is 0 Å². The molecule has 0 aliphatic carbocycles. The van der Waals surface area contributed by atoms with Gasteiger partial charge in [0, 0.05) is 5.16 Å². The van der Waals surface area contributed by atoms with Crippen LogP contribution in [0.4, 0.5) is 0 Å². The number of isothiocyanates is 1. The average molecular weight is 122 g/mol. The minimum absolute atomic E-state index is 1.49. The van der Waals surface area contributed by atoms with Crippen LogP contribution < -0.4 is 5.90 Å². The second-order valence-corrected chi connectivity index (χ2v) is 1.17. The lowest BCUT2D eigenvalue weighted by Crippen LogP contribution is -1.87. The molecule has 0 rings (SSSR count). The summed E-state index contributed by atoms with van der Waals surface area (Å²) < 4.78 is 18.8. The quantitative estimate of drug-likeness (QED) is 0.263. The lowest BCUT2D eigenvalue weighted by Gasteiger charge is -1.68. The lowest BCUT2D eigenvalue weighted by molar-refractivity contribution is 0.151. The summed E-state index contributed by atoms with van der Waals surface area (Å²) in [5.74, 6) is 4.27. The largest absolute Gasteiger partial charge is 0.293 e. The van der Waals surface area contributed by atoms with E-state index in [0.717, 1.165) is 0 Å². The van der Waals surface area contributed by atoms with Gasteiger partial charge in [0.05, 0.1) is 0 Å². The van der Waals surface area contributed by atoms with E-state index in [1.165, 1.54) is 5.16 Å². The normalized spacial score (nSPS) is 6.43. The molecule has 0 aromatic rings. The van der Waals surface area contributed by atoms with Crippen LogP contribution in [0, 0.1) is 0 Å². The highest BCUT2D eigenvalue weighted by atomic mass is 32.2. The van der Waals surface area contributed by atoms with Crippen LogP contribution in [0.3, 0.4) is 0 Å². The summed E-state index contributed by atoms with van der Waals surface area (Å²) in [4.78, 5) is 3.47. The highest BCUT2D eigenvalue weighted by Crippen LogP contribution is 1.48. The Morgan fingerprint density at radius 3 is 2.43 bits per heavy atom. The zero-order chi connectivity index (χ0) is 5.70. The number of hydrogen-bond acceptors (Lipinski definition) is 5. The molecule has 0 aliphatic heterocycles. The smallest absolute Gasteiger partial charge is 0.282 e. The summed E-state index contributed by atoms with van der Waals surface area (Å²) in [6, 6.07) is 0. The van der Waals surface area contributed by atoms with Crippen molar-refractivity contribution in [2.24, 2.45) is 11.1 Å². The van der Waals surface area contributed by atoms with Crippen molar-refractivity contribution in [2.75, 3.05) is 0 Å². The Hall–Kier alpha value is -0.840. The Bertz CT molecular complexity index is 177. The van der Waals surface area contributed by atoms with Gasteiger partial charge in [-0.3, -0.25) is 4.94 Å². The van der Waals surface area contributed by atoms with Crippen LogP contribution in [0.15, 0.2) is 5.16 Å². The van der Waals surface area contributed by atoms with Crippen LogP contribution in [-0.4, -0.2) is 13.6 Å². The minimum atomic E-state index is -2.44. The van der Waals surface area contributed by atoms with E-state index < -0.39 is 10.3 Å². The maximum absolute atomic E-state index is 9.42. The molecule has 0 saturated carbocycles. The molecule has 0 aliphatic rings. The molecule has 0 aromatic heterocycles. The van der Waals surface area contributed by atoms with Crippen molar-refractivity contribution in [1.82, 2.24) is 0 Å². The van der Waals surface area contributed by atoms with E-state index in [-0.39, 0.29) is 0 Å². The first-order valence-electron chi connectivity index (χ1n) is 1.18. The Kier molecular flexibility index (Phi) is 2.95. The highest BCUT2D eigenvalue weighted by molar-refractivity contribution is 7.70. The van der Waals surface area contributed by atoms with Crippen LogP contribution >= 0.6 is 0 Å². The minimum Gasteiger partial charge on any atom is -0.293 e. The predicted octanol–water partition coefficient (Wildman–Crippen LogP) is -1.42. The van der Waals surface area contributed by atoms with E-state index in [0.29, 0.717) is 0 Å². The van der Waals surface area contributed by atoms with Crippen LogP contribution in [-0.2, 0) is 15.2 Å². The molecule has 0 bridgehead atoms. The number of nitrogens with zero attached hydrogens (tertiary/aromatic N) is 1. The predicted molar refractivity (Wildman–Crippen MR) is 21.6 cm³/mol. The van der Waals surface area contributed by atoms with Crippen molar-refractivity contribution >= 4 is 15.5 Å². The fraction of sp³-hybridized carbons (Fsp3) is 0. The van der Waals surface area contributed by atoms with Gasteiger partial charge < -0.3 is 0 Å². The maximum Gasteiger partial charge on any atom is 0.282 e. The molecule has 40 valence electrons. The van der Waals surface area contributed by atoms with Gasteiger partial charge in [-0.05, 0) is 0 Å². The maximum atomic E-state index is 9.42. The molecule has 6 heteroatoms. The van der Waals surface area contributed by atoms with E-state index in [1.54, 1.807) is 0 Å². The Balaban J connectivity index is 4.19. The van der Waals surface area contributed by atoms with E-state index in [2.05, 4.69) is 16.0 Å². The van der Waals surface area contributed by atoms with E-state index >= 15 is 0 Å². The van der Waals surface area contributed by atoms with Crippen molar-refractivity contribution in [3.63, 3.8) is 0 Å². The van der Waals surface area contributed by atoms with Crippen LogP contribution in [0.1, 0.15) is 0 Å². The molecule has 0 aromatic carbocycles. The third kappa shape index (κ3) is 5.16. The van der Waals surface area contributed by atoms with Crippen LogP contribution in [0.2, 0.25) is 0 Å². The third-order valence-corrected chi connectivity index (χ3v) is 0.388. The molecule has 5 nitrogen and oxygen atoms in total. The van der Waals surface area contributed by atoms with Crippen LogP contribution in [0.25, 0.3) is 0 Å². The van der Waals surface area contributed by atoms with Crippen molar-refractivity contribution < 1.29 is 13.4 Å². The molecule has 0 atom stereocenters. The highest BCUT2D eigenvalue weighted by Gasteiger charge is 1.56. The standard InChI is InChI=1S/CH2N2O3S/c2-6-3-1-7(4)5/h2H2. The first-order chi connectivity index (χ1) is 3.27. The Morgan fingerprint density at radius 2 is 2.29 bits per heavy atom. The summed E-state index contributed by atoms with van der Waals surface area (Å²) in [7, 11) is -2.44. The third-order valence-electron chi connectivity index (χ3n) is 0.165. The Morgan fingerprint density at radius 1 is 1.71 bits per heavy atom. The van der Waals surface area contributed by atoms with Gasteiger partial charge >= 0.3 is 0 Å². The average Bonchev–Trinajstić information content (AvgIpc) is 1.61. The fourth-order valence-corrected chi connectivity index (χ4v) is 0.156. The van der Waals surface area contributed by atoms with Gasteiger partial charge in [-0.25, -0.2) is 0 Å². The topological polar surface area (TPSA) is 81.8 Å². The second kappa shape index (κ2) is 3.35. The number of hydrogen-bond donors (Lipinski definition) is 1. The molecular formula is CH2N2O3S. The van der Waals surface area contributed by atoms with Gasteiger partial charge in [0.25, 0.3) is 10.3 Å². The van der Waals surface area contributed by atoms with Gasteiger partial charge in [-0.15, -0.1) is 5.90 Å². The summed E-state index contributed by atoms with van der Waals surface area (Å²) in [6.45, 7) is 0. The summed E-state index contributed by atoms with van der Waals surface area (Å²) >= 11 is 0. The molecule has 0 heterocycles. The summed E-state index contributed by atoms with van der Waals surface area (Å²) in [6.07, 6.45) is 0. The molecule has 0 radical (unpaired) electrons. The zero-order valence-electron chi connectivity index (χ0n) is 3.16. The first-order valence-corrected chi connectivity index (χ1v) is 2.25. The monoisotopic (exact) mass is 122 g/mol. The fourth-order valence-electron chi connectivity index (χ4n) is 0.0519. The Labute approximate surface area is 40.9 Å². The molecule has 2 N–H and O–H groups in total. The second-order valence-electron chi connectivity index (χ2n) is 0.523. The molecule has 0 spiro atoms. The molecule has 0 unspecified atom stereocenters. The first kappa shape index (κ1) is 6.16. The van der Waals surface area contributed by atoms with Gasteiger partial charge in [0.2, 0.25) is 0 Å². The number of nitrogens with two attached hydrogens (primary N) is 1. The number of rotatable bonds is 1. The molecule has 0 amide bonds. The van der Waals surface area contributed by atoms with Gasteiger partial charge in [-0.2, -0.15) is 8.42 Å². The van der Waals surface area contributed by atoms with E-state index in [9.17, 15) is 8.42 Å². The van der Waals surface area contributed by atoms with Crippen molar-refractivity contribution in [1.29, 1.82) is 0 Å². The van der Waals surface area contributed by atoms with Crippen molar-refractivity contribution in [3.8, 4) is 0 Å². The molecule has 0 saturated heterocycles. The summed E-state index contributed by atoms with van der Waals surface area (Å²) in [5.41, 5.74) is 0.